The topological polar surface area (TPSA) is 81.5 Å². The molecule has 0 aliphatic heterocycles. The highest BCUT2D eigenvalue weighted by molar-refractivity contribution is 6.05. The van der Waals surface area contributed by atoms with Gasteiger partial charge in [-0.05, 0) is 50.6 Å². The van der Waals surface area contributed by atoms with E-state index in [1.165, 1.54) is 7.11 Å². The molecule has 0 radical (unpaired) electrons. The van der Waals surface area contributed by atoms with Gasteiger partial charge in [-0.3, -0.25) is 4.79 Å². The van der Waals surface area contributed by atoms with Crippen molar-refractivity contribution in [2.75, 3.05) is 7.11 Å². The number of hydrogen-bond donors (Lipinski definition) is 1. The zero-order valence-electron chi connectivity index (χ0n) is 17.4. The maximum Gasteiger partial charge on any atom is 0.355 e. The lowest BCUT2D eigenvalue weighted by atomic mass is 10.1. The third kappa shape index (κ3) is 3.68. The van der Waals surface area contributed by atoms with Crippen molar-refractivity contribution in [1.82, 2.24) is 4.98 Å². The van der Waals surface area contributed by atoms with Crippen LogP contribution in [0.2, 0.25) is 0 Å². The van der Waals surface area contributed by atoms with E-state index in [9.17, 15) is 9.59 Å². The van der Waals surface area contributed by atoms with Gasteiger partial charge in [-0.1, -0.05) is 24.3 Å². The number of hydrogen-bond acceptors (Lipinski definition) is 5. The summed E-state index contributed by atoms with van der Waals surface area (Å²) in [5.74, 6) is 0.165. The number of para-hydroxylation sites is 1. The molecule has 1 N–H and O–H groups in total. The van der Waals surface area contributed by atoms with Crippen molar-refractivity contribution < 1.29 is 18.7 Å². The average Bonchev–Trinajstić information content (AvgIpc) is 3.06. The number of rotatable bonds is 4. The first-order valence-corrected chi connectivity index (χ1v) is 9.69. The molecule has 0 amide bonds. The van der Waals surface area contributed by atoms with Crippen molar-refractivity contribution in [3.8, 4) is 5.75 Å². The van der Waals surface area contributed by atoms with Crippen LogP contribution < -0.4 is 10.2 Å². The van der Waals surface area contributed by atoms with Gasteiger partial charge in [0, 0.05) is 6.42 Å². The molecule has 6 nitrogen and oxygen atoms in total. The van der Waals surface area contributed by atoms with Crippen LogP contribution >= 0.6 is 0 Å². The molecule has 4 rings (SSSR count). The number of esters is 1. The van der Waals surface area contributed by atoms with Crippen LogP contribution in [0.4, 0.5) is 0 Å². The Kier molecular flexibility index (Phi) is 4.86. The summed E-state index contributed by atoms with van der Waals surface area (Å²) in [5.41, 5.74) is 2.02. The number of aromatic nitrogens is 1. The van der Waals surface area contributed by atoms with Crippen LogP contribution in [-0.4, -0.2) is 23.7 Å². The lowest BCUT2D eigenvalue weighted by Crippen LogP contribution is -2.22. The third-order valence-corrected chi connectivity index (χ3v) is 4.72. The smallest absolute Gasteiger partial charge is 0.355 e. The van der Waals surface area contributed by atoms with Gasteiger partial charge in [0.2, 0.25) is 5.43 Å². The normalized spacial score (nSPS) is 11.7. The zero-order chi connectivity index (χ0) is 21.5. The minimum Gasteiger partial charge on any atom is -0.488 e. The van der Waals surface area contributed by atoms with Gasteiger partial charge in [0.25, 0.3) is 0 Å². The Morgan fingerprint density at radius 1 is 1.07 bits per heavy atom. The minimum atomic E-state index is -0.609. The van der Waals surface area contributed by atoms with Crippen molar-refractivity contribution in [1.29, 1.82) is 0 Å². The van der Waals surface area contributed by atoms with Crippen molar-refractivity contribution in [3.63, 3.8) is 0 Å². The molecule has 0 aliphatic carbocycles. The van der Waals surface area contributed by atoms with Crippen LogP contribution in [0.3, 0.4) is 0 Å². The lowest BCUT2D eigenvalue weighted by molar-refractivity contribution is 0.0596. The van der Waals surface area contributed by atoms with E-state index in [1.54, 1.807) is 24.3 Å². The SMILES string of the molecule is COC(=O)c1[nH]c(Cc2ccc(OC(C)(C)C)cc2)c2oc3ccccc3c(=O)c12. The van der Waals surface area contributed by atoms with Gasteiger partial charge >= 0.3 is 5.97 Å². The van der Waals surface area contributed by atoms with E-state index in [-0.39, 0.29) is 22.1 Å². The molecule has 0 unspecified atom stereocenters. The van der Waals surface area contributed by atoms with Crippen LogP contribution in [0.15, 0.2) is 57.7 Å². The number of fused-ring (bicyclic) bond motifs is 2. The molecule has 0 fully saturated rings. The van der Waals surface area contributed by atoms with Gasteiger partial charge in [-0.15, -0.1) is 0 Å². The van der Waals surface area contributed by atoms with Crippen LogP contribution in [0.25, 0.3) is 21.9 Å². The second-order valence-corrected chi connectivity index (χ2v) is 8.14. The first kappa shape index (κ1) is 19.8. The highest BCUT2D eigenvalue weighted by Crippen LogP contribution is 2.27. The first-order valence-electron chi connectivity index (χ1n) is 9.69. The van der Waals surface area contributed by atoms with Gasteiger partial charge in [0.1, 0.15) is 22.6 Å². The van der Waals surface area contributed by atoms with Crippen molar-refractivity contribution in [3.05, 3.63) is 75.7 Å². The summed E-state index contributed by atoms with van der Waals surface area (Å²) in [6.45, 7) is 5.98. The summed E-state index contributed by atoms with van der Waals surface area (Å²) in [4.78, 5) is 28.4. The van der Waals surface area contributed by atoms with E-state index < -0.39 is 5.97 Å². The number of H-pyrrole nitrogens is 1. The molecule has 154 valence electrons. The molecule has 4 aromatic rings. The van der Waals surface area contributed by atoms with E-state index in [4.69, 9.17) is 13.9 Å². The number of carbonyl (C=O) groups excluding carboxylic acids is 1. The molecule has 0 saturated heterocycles. The summed E-state index contributed by atoms with van der Waals surface area (Å²) in [5, 5.41) is 0.632. The number of ether oxygens (including phenoxy) is 2. The highest BCUT2D eigenvalue weighted by atomic mass is 16.5. The monoisotopic (exact) mass is 405 g/mol. The summed E-state index contributed by atoms with van der Waals surface area (Å²) >= 11 is 0. The van der Waals surface area contributed by atoms with Crippen LogP contribution in [0.5, 0.6) is 5.75 Å². The fourth-order valence-electron chi connectivity index (χ4n) is 3.46. The molecule has 0 atom stereocenters. The Hall–Kier alpha value is -3.54. The molecule has 2 heterocycles. The fraction of sp³-hybridized carbons (Fsp3) is 0.250. The van der Waals surface area contributed by atoms with Gasteiger partial charge in [0.05, 0.1) is 23.6 Å². The maximum atomic E-state index is 13.1. The molecule has 0 spiro atoms. The molecule has 0 bridgehead atoms. The predicted molar refractivity (Wildman–Crippen MR) is 115 cm³/mol. The van der Waals surface area contributed by atoms with Crippen molar-refractivity contribution in [2.24, 2.45) is 0 Å². The summed E-state index contributed by atoms with van der Waals surface area (Å²) < 4.78 is 16.8. The zero-order valence-corrected chi connectivity index (χ0v) is 17.4. The standard InChI is InChI=1S/C24H23NO5/c1-24(2,3)30-15-11-9-14(10-12-15)13-17-22-19(20(25-17)23(27)28-4)21(26)16-7-5-6-8-18(16)29-22/h5-12,25H,13H2,1-4H3. The van der Waals surface area contributed by atoms with Crippen LogP contribution in [-0.2, 0) is 11.2 Å². The van der Waals surface area contributed by atoms with E-state index in [0.717, 1.165) is 11.3 Å². The van der Waals surface area contributed by atoms with Crippen molar-refractivity contribution >= 4 is 27.9 Å². The average molecular weight is 405 g/mol. The van der Waals surface area contributed by atoms with Gasteiger partial charge in [-0.2, -0.15) is 0 Å². The Bertz CT molecular complexity index is 1290. The molecule has 2 aromatic heterocycles. The molecule has 2 aromatic carbocycles. The minimum absolute atomic E-state index is 0.106. The Morgan fingerprint density at radius 2 is 1.77 bits per heavy atom. The molecular formula is C24H23NO5. The van der Waals surface area contributed by atoms with E-state index in [0.29, 0.717) is 28.7 Å². The molecule has 0 saturated carbocycles. The second kappa shape index (κ2) is 7.37. The predicted octanol–water partition coefficient (Wildman–Crippen LogP) is 4.83. The number of benzene rings is 2. The maximum absolute atomic E-state index is 13.1. The Labute approximate surface area is 173 Å². The number of aromatic amines is 1. The second-order valence-electron chi connectivity index (χ2n) is 8.14. The summed E-state index contributed by atoms with van der Waals surface area (Å²) in [6, 6.07) is 14.7. The first-order chi connectivity index (χ1) is 14.3. The van der Waals surface area contributed by atoms with Crippen LogP contribution in [0.1, 0.15) is 42.5 Å². The summed E-state index contributed by atoms with van der Waals surface area (Å²) in [7, 11) is 1.28. The lowest BCUT2D eigenvalue weighted by Gasteiger charge is -2.21. The fourth-order valence-corrected chi connectivity index (χ4v) is 3.46. The van der Waals surface area contributed by atoms with E-state index in [2.05, 4.69) is 4.98 Å². The van der Waals surface area contributed by atoms with E-state index in [1.807, 2.05) is 45.0 Å². The number of methoxy groups -OCH3 is 1. The largest absolute Gasteiger partial charge is 0.488 e. The van der Waals surface area contributed by atoms with Crippen LogP contribution in [0, 0.1) is 0 Å². The highest BCUT2D eigenvalue weighted by Gasteiger charge is 2.23. The molecule has 30 heavy (non-hydrogen) atoms. The molecule has 0 aliphatic rings. The van der Waals surface area contributed by atoms with Gasteiger partial charge < -0.3 is 18.9 Å². The Balaban J connectivity index is 1.81. The van der Waals surface area contributed by atoms with Gasteiger partial charge in [0.15, 0.2) is 5.58 Å². The number of nitrogens with one attached hydrogen (secondary N) is 1. The Morgan fingerprint density at radius 3 is 2.43 bits per heavy atom. The van der Waals surface area contributed by atoms with E-state index >= 15 is 0 Å². The third-order valence-electron chi connectivity index (χ3n) is 4.72. The molecular weight excluding hydrogens is 382 g/mol. The number of carbonyl (C=O) groups is 1. The molecule has 6 heteroatoms. The summed E-state index contributed by atoms with van der Waals surface area (Å²) in [6.07, 6.45) is 0.449. The van der Waals surface area contributed by atoms with Gasteiger partial charge in [-0.25, -0.2) is 4.79 Å². The van der Waals surface area contributed by atoms with Crippen molar-refractivity contribution in [2.45, 2.75) is 32.8 Å². The quantitative estimate of drug-likeness (QED) is 0.492.